The van der Waals surface area contributed by atoms with E-state index in [1.165, 1.54) is 5.56 Å². The highest BCUT2D eigenvalue weighted by Crippen LogP contribution is 2.36. The molecule has 5 nitrogen and oxygen atoms in total. The van der Waals surface area contributed by atoms with Crippen LogP contribution in [0.4, 0.5) is 0 Å². The first-order valence-electron chi connectivity index (χ1n) is 8.05. The van der Waals surface area contributed by atoms with Crippen LogP contribution in [0.5, 0.6) is 17.2 Å². The number of carbonyl (C=O) groups is 1. The minimum absolute atomic E-state index is 0.00164. The summed E-state index contributed by atoms with van der Waals surface area (Å²) in [4.78, 5) is 14.9. The molecule has 0 radical (unpaired) electrons. The van der Waals surface area contributed by atoms with Crippen molar-refractivity contribution in [3.63, 3.8) is 0 Å². The number of benzene rings is 2. The molecule has 24 heavy (non-hydrogen) atoms. The van der Waals surface area contributed by atoms with Gasteiger partial charge < -0.3 is 19.1 Å². The molecule has 2 heterocycles. The summed E-state index contributed by atoms with van der Waals surface area (Å²) in [6, 6.07) is 11.4. The number of amides is 1. The standard InChI is InChI=1S/C19H19NO4/c1-12-16-10-15(22-2)5-3-13(16)7-8-20(12)19(21)14-4-6-17-18(9-14)24-11-23-17/h3-6,9-10,12H,7-8,11H2,1-2H3. The maximum absolute atomic E-state index is 13.0. The van der Waals surface area contributed by atoms with E-state index in [0.29, 0.717) is 23.6 Å². The first kappa shape index (κ1) is 14.9. The van der Waals surface area contributed by atoms with Crippen LogP contribution in [-0.2, 0) is 6.42 Å². The molecule has 0 aliphatic carbocycles. The average molecular weight is 325 g/mol. The molecule has 0 fully saturated rings. The molecule has 4 rings (SSSR count). The van der Waals surface area contributed by atoms with Crippen LogP contribution < -0.4 is 14.2 Å². The monoisotopic (exact) mass is 325 g/mol. The maximum atomic E-state index is 13.0. The lowest BCUT2D eigenvalue weighted by Gasteiger charge is -2.35. The van der Waals surface area contributed by atoms with E-state index in [1.54, 1.807) is 25.3 Å². The molecule has 2 aliphatic rings. The Morgan fingerprint density at radius 1 is 1.17 bits per heavy atom. The number of fused-ring (bicyclic) bond motifs is 2. The molecule has 5 heteroatoms. The van der Waals surface area contributed by atoms with E-state index in [1.807, 2.05) is 17.0 Å². The summed E-state index contributed by atoms with van der Waals surface area (Å²) in [6.45, 7) is 2.97. The van der Waals surface area contributed by atoms with Crippen LogP contribution in [0.1, 0.15) is 34.5 Å². The van der Waals surface area contributed by atoms with Gasteiger partial charge in [0.2, 0.25) is 6.79 Å². The molecule has 1 amide bonds. The van der Waals surface area contributed by atoms with Crippen molar-refractivity contribution < 1.29 is 19.0 Å². The largest absolute Gasteiger partial charge is 0.497 e. The summed E-state index contributed by atoms with van der Waals surface area (Å²) in [5, 5.41) is 0. The smallest absolute Gasteiger partial charge is 0.254 e. The quantitative estimate of drug-likeness (QED) is 0.851. The van der Waals surface area contributed by atoms with Crippen molar-refractivity contribution in [3.8, 4) is 17.2 Å². The van der Waals surface area contributed by atoms with E-state index in [9.17, 15) is 4.79 Å². The topological polar surface area (TPSA) is 48.0 Å². The second-order valence-corrected chi connectivity index (χ2v) is 6.06. The number of hydrogen-bond donors (Lipinski definition) is 0. The molecule has 2 aliphatic heterocycles. The molecule has 0 saturated heterocycles. The third-order valence-electron chi connectivity index (χ3n) is 4.77. The summed E-state index contributed by atoms with van der Waals surface area (Å²) in [7, 11) is 1.66. The van der Waals surface area contributed by atoms with Crippen molar-refractivity contribution in [1.82, 2.24) is 4.90 Å². The van der Waals surface area contributed by atoms with Crippen molar-refractivity contribution >= 4 is 5.91 Å². The van der Waals surface area contributed by atoms with Crippen LogP contribution in [0.3, 0.4) is 0 Å². The van der Waals surface area contributed by atoms with Gasteiger partial charge in [0.05, 0.1) is 13.2 Å². The second kappa shape index (κ2) is 5.74. The molecule has 0 bridgehead atoms. The lowest BCUT2D eigenvalue weighted by atomic mass is 9.92. The molecule has 1 unspecified atom stereocenters. The highest BCUT2D eigenvalue weighted by atomic mass is 16.7. The SMILES string of the molecule is COc1ccc2c(c1)C(C)N(C(=O)c1ccc3c(c1)OCO3)CC2. The first-order chi connectivity index (χ1) is 11.7. The van der Waals surface area contributed by atoms with E-state index in [-0.39, 0.29) is 18.7 Å². The predicted molar refractivity (Wildman–Crippen MR) is 88.7 cm³/mol. The zero-order valence-electron chi connectivity index (χ0n) is 13.7. The normalized spacial score (nSPS) is 18.2. The van der Waals surface area contributed by atoms with E-state index < -0.39 is 0 Å². The molecule has 0 spiro atoms. The highest BCUT2D eigenvalue weighted by Gasteiger charge is 2.29. The number of rotatable bonds is 2. The van der Waals surface area contributed by atoms with Crippen LogP contribution in [0.15, 0.2) is 36.4 Å². The summed E-state index contributed by atoms with van der Waals surface area (Å²) < 4.78 is 16.0. The summed E-state index contributed by atoms with van der Waals surface area (Å²) in [5.74, 6) is 2.15. The summed E-state index contributed by atoms with van der Waals surface area (Å²) in [5.41, 5.74) is 3.05. The van der Waals surface area contributed by atoms with Gasteiger partial charge in [-0.1, -0.05) is 6.07 Å². The zero-order chi connectivity index (χ0) is 16.7. The average Bonchev–Trinajstić information content (AvgIpc) is 3.09. The molecule has 0 N–H and O–H groups in total. The van der Waals surface area contributed by atoms with Gasteiger partial charge in [-0.2, -0.15) is 0 Å². The van der Waals surface area contributed by atoms with E-state index in [0.717, 1.165) is 17.7 Å². The second-order valence-electron chi connectivity index (χ2n) is 6.06. The van der Waals surface area contributed by atoms with Gasteiger partial charge in [0.1, 0.15) is 5.75 Å². The fraction of sp³-hybridized carbons (Fsp3) is 0.316. The van der Waals surface area contributed by atoms with E-state index >= 15 is 0 Å². The highest BCUT2D eigenvalue weighted by molar-refractivity contribution is 5.95. The van der Waals surface area contributed by atoms with Crippen LogP contribution in [0.25, 0.3) is 0 Å². The van der Waals surface area contributed by atoms with Gasteiger partial charge >= 0.3 is 0 Å². The Morgan fingerprint density at radius 2 is 2.00 bits per heavy atom. The number of ether oxygens (including phenoxy) is 3. The lowest BCUT2D eigenvalue weighted by Crippen LogP contribution is -2.38. The number of methoxy groups -OCH3 is 1. The van der Waals surface area contributed by atoms with Gasteiger partial charge in [-0.25, -0.2) is 0 Å². The van der Waals surface area contributed by atoms with Crippen LogP contribution in [0.2, 0.25) is 0 Å². The number of hydrogen-bond acceptors (Lipinski definition) is 4. The summed E-state index contributed by atoms with van der Waals surface area (Å²) >= 11 is 0. The molecular weight excluding hydrogens is 306 g/mol. The third kappa shape index (κ3) is 2.37. The van der Waals surface area contributed by atoms with E-state index in [2.05, 4.69) is 13.0 Å². The molecule has 2 aromatic carbocycles. The maximum Gasteiger partial charge on any atom is 0.254 e. The fourth-order valence-corrected chi connectivity index (χ4v) is 3.39. The fourth-order valence-electron chi connectivity index (χ4n) is 3.39. The lowest BCUT2D eigenvalue weighted by molar-refractivity contribution is 0.0677. The van der Waals surface area contributed by atoms with Gasteiger partial charge in [-0.15, -0.1) is 0 Å². The first-order valence-corrected chi connectivity index (χ1v) is 8.05. The Bertz CT molecular complexity index is 802. The van der Waals surface area contributed by atoms with Gasteiger partial charge in [0.15, 0.2) is 11.5 Å². The van der Waals surface area contributed by atoms with Gasteiger partial charge in [-0.05, 0) is 54.8 Å². The zero-order valence-corrected chi connectivity index (χ0v) is 13.7. The van der Waals surface area contributed by atoms with Crippen molar-refractivity contribution in [2.45, 2.75) is 19.4 Å². The van der Waals surface area contributed by atoms with Crippen LogP contribution >= 0.6 is 0 Å². The van der Waals surface area contributed by atoms with Gasteiger partial charge in [0.25, 0.3) is 5.91 Å². The molecule has 0 saturated carbocycles. The van der Waals surface area contributed by atoms with Crippen molar-refractivity contribution in [3.05, 3.63) is 53.1 Å². The third-order valence-corrected chi connectivity index (χ3v) is 4.77. The van der Waals surface area contributed by atoms with Gasteiger partial charge in [0, 0.05) is 12.1 Å². The minimum atomic E-state index is 0.00164. The van der Waals surface area contributed by atoms with Crippen molar-refractivity contribution in [1.29, 1.82) is 0 Å². The molecule has 0 aromatic heterocycles. The molecular formula is C19H19NO4. The Labute approximate surface area is 140 Å². The van der Waals surface area contributed by atoms with Crippen LogP contribution in [0, 0.1) is 0 Å². The Hall–Kier alpha value is -2.69. The van der Waals surface area contributed by atoms with Crippen LogP contribution in [-0.4, -0.2) is 31.3 Å². The van der Waals surface area contributed by atoms with Crippen molar-refractivity contribution in [2.24, 2.45) is 0 Å². The Kier molecular flexibility index (Phi) is 3.56. The molecule has 124 valence electrons. The summed E-state index contributed by atoms with van der Waals surface area (Å²) in [6.07, 6.45) is 0.847. The Balaban J connectivity index is 1.63. The minimum Gasteiger partial charge on any atom is -0.497 e. The predicted octanol–water partition coefficient (Wildman–Crippen LogP) is 3.18. The van der Waals surface area contributed by atoms with Crippen molar-refractivity contribution in [2.75, 3.05) is 20.4 Å². The van der Waals surface area contributed by atoms with E-state index in [4.69, 9.17) is 14.2 Å². The number of nitrogens with zero attached hydrogens (tertiary/aromatic N) is 1. The Morgan fingerprint density at radius 3 is 2.83 bits per heavy atom. The molecule has 2 aromatic rings. The number of carbonyl (C=O) groups excluding carboxylic acids is 1. The molecule has 1 atom stereocenters. The van der Waals surface area contributed by atoms with Gasteiger partial charge in [-0.3, -0.25) is 4.79 Å².